The van der Waals surface area contributed by atoms with Crippen molar-refractivity contribution in [1.82, 2.24) is 14.5 Å². The maximum atomic E-state index is 6.05. The van der Waals surface area contributed by atoms with E-state index >= 15 is 0 Å². The van der Waals surface area contributed by atoms with E-state index in [-0.39, 0.29) is 6.10 Å². The highest BCUT2D eigenvalue weighted by Crippen LogP contribution is 2.34. The third-order valence-electron chi connectivity index (χ3n) is 5.33. The summed E-state index contributed by atoms with van der Waals surface area (Å²) < 4.78 is 8.47. The van der Waals surface area contributed by atoms with Crippen molar-refractivity contribution >= 4 is 11.8 Å². The predicted molar refractivity (Wildman–Crippen MR) is 109 cm³/mol. The molecule has 0 saturated carbocycles. The lowest BCUT2D eigenvalue weighted by molar-refractivity contribution is -0.0335. The SMILES string of the molecule is c1ccc(-c2nc3n(c2CN2CCOC(c4ccccc4)C2)CCS3)cc1. The molecule has 0 radical (unpaired) electrons. The number of hydrogen-bond acceptors (Lipinski definition) is 4. The van der Waals surface area contributed by atoms with Gasteiger partial charge in [-0.15, -0.1) is 0 Å². The van der Waals surface area contributed by atoms with E-state index in [0.29, 0.717) is 0 Å². The highest BCUT2D eigenvalue weighted by Gasteiger charge is 2.27. The summed E-state index contributed by atoms with van der Waals surface area (Å²) in [6.07, 6.45) is 0.149. The molecule has 0 N–H and O–H groups in total. The van der Waals surface area contributed by atoms with Crippen molar-refractivity contribution in [3.8, 4) is 11.3 Å². The van der Waals surface area contributed by atoms with Gasteiger partial charge in [-0.25, -0.2) is 4.98 Å². The molecule has 0 amide bonds. The Bertz CT molecular complexity index is 910. The molecule has 1 fully saturated rings. The molecule has 3 aromatic rings. The fraction of sp³-hybridized carbons (Fsp3) is 0.318. The van der Waals surface area contributed by atoms with Crippen molar-refractivity contribution in [3.63, 3.8) is 0 Å². The Hall–Kier alpha value is -2.08. The zero-order valence-corrected chi connectivity index (χ0v) is 16.1. The summed E-state index contributed by atoms with van der Waals surface area (Å²) >= 11 is 1.87. The zero-order valence-electron chi connectivity index (χ0n) is 15.3. The first-order valence-electron chi connectivity index (χ1n) is 9.55. The lowest BCUT2D eigenvalue weighted by Crippen LogP contribution is -2.38. The van der Waals surface area contributed by atoms with Crippen LogP contribution in [0, 0.1) is 0 Å². The number of imidazole rings is 1. The van der Waals surface area contributed by atoms with E-state index in [0.717, 1.165) is 49.4 Å². The Morgan fingerprint density at radius 3 is 2.59 bits per heavy atom. The first-order valence-corrected chi connectivity index (χ1v) is 10.5. The van der Waals surface area contributed by atoms with Gasteiger partial charge in [-0.3, -0.25) is 4.90 Å². The molecule has 138 valence electrons. The summed E-state index contributed by atoms with van der Waals surface area (Å²) in [5, 5.41) is 1.16. The van der Waals surface area contributed by atoms with Crippen LogP contribution in [0.4, 0.5) is 0 Å². The van der Waals surface area contributed by atoms with Crippen molar-refractivity contribution in [3.05, 3.63) is 71.9 Å². The number of fused-ring (bicyclic) bond motifs is 1. The van der Waals surface area contributed by atoms with Crippen LogP contribution in [0.3, 0.4) is 0 Å². The smallest absolute Gasteiger partial charge is 0.168 e. The van der Waals surface area contributed by atoms with E-state index in [2.05, 4.69) is 70.1 Å². The molecular formula is C22H23N3OS. The standard InChI is InChI=1S/C22H23N3OS/c1-3-7-17(8-4-1)20-16-24(11-13-26-20)15-19-21(18-9-5-2-6-10-18)23-22-25(19)12-14-27-22/h1-10,20H,11-16H2. The summed E-state index contributed by atoms with van der Waals surface area (Å²) in [5.41, 5.74) is 4.96. The molecule has 5 heteroatoms. The van der Waals surface area contributed by atoms with E-state index in [1.807, 2.05) is 11.8 Å². The van der Waals surface area contributed by atoms with E-state index in [9.17, 15) is 0 Å². The van der Waals surface area contributed by atoms with Gasteiger partial charge in [0.1, 0.15) is 0 Å². The second kappa shape index (κ2) is 7.50. The van der Waals surface area contributed by atoms with Crippen LogP contribution >= 0.6 is 11.8 Å². The van der Waals surface area contributed by atoms with Gasteiger partial charge in [0.15, 0.2) is 5.16 Å². The number of thioether (sulfide) groups is 1. The van der Waals surface area contributed by atoms with Gasteiger partial charge < -0.3 is 9.30 Å². The topological polar surface area (TPSA) is 30.3 Å². The molecule has 1 atom stereocenters. The van der Waals surface area contributed by atoms with Crippen LogP contribution in [0.2, 0.25) is 0 Å². The fourth-order valence-corrected chi connectivity index (χ4v) is 4.92. The third-order valence-corrected chi connectivity index (χ3v) is 6.28. The van der Waals surface area contributed by atoms with Gasteiger partial charge in [-0.1, -0.05) is 72.4 Å². The van der Waals surface area contributed by atoms with Crippen molar-refractivity contribution in [1.29, 1.82) is 0 Å². The van der Waals surface area contributed by atoms with Crippen molar-refractivity contribution in [2.24, 2.45) is 0 Å². The van der Waals surface area contributed by atoms with E-state index in [4.69, 9.17) is 9.72 Å². The molecule has 3 heterocycles. The predicted octanol–water partition coefficient (Wildman–Crippen LogP) is 4.23. The number of nitrogens with zero attached hydrogens (tertiary/aromatic N) is 3. The third kappa shape index (κ3) is 3.43. The summed E-state index contributed by atoms with van der Waals surface area (Å²) in [4.78, 5) is 7.49. The molecule has 27 heavy (non-hydrogen) atoms. The van der Waals surface area contributed by atoms with Crippen molar-refractivity contribution in [2.75, 3.05) is 25.4 Å². The minimum Gasteiger partial charge on any atom is -0.371 e. The van der Waals surface area contributed by atoms with Gasteiger partial charge in [0.05, 0.1) is 24.1 Å². The van der Waals surface area contributed by atoms with Gasteiger partial charge in [0, 0.05) is 37.5 Å². The Morgan fingerprint density at radius 2 is 1.78 bits per heavy atom. The largest absolute Gasteiger partial charge is 0.371 e. The molecule has 1 aromatic heterocycles. The quantitative estimate of drug-likeness (QED) is 0.681. The lowest BCUT2D eigenvalue weighted by Gasteiger charge is -2.33. The van der Waals surface area contributed by atoms with E-state index in [1.54, 1.807) is 0 Å². The number of morpholine rings is 1. The first-order chi connectivity index (χ1) is 13.4. The molecule has 1 unspecified atom stereocenters. The average molecular weight is 378 g/mol. The van der Waals surface area contributed by atoms with Gasteiger partial charge in [-0.2, -0.15) is 0 Å². The molecule has 2 aliphatic heterocycles. The van der Waals surface area contributed by atoms with Gasteiger partial charge in [0.2, 0.25) is 0 Å². The maximum absolute atomic E-state index is 6.05. The molecule has 1 saturated heterocycles. The number of ether oxygens (including phenoxy) is 1. The van der Waals surface area contributed by atoms with Gasteiger partial charge >= 0.3 is 0 Å². The summed E-state index contributed by atoms with van der Waals surface area (Å²) in [6, 6.07) is 21.1. The van der Waals surface area contributed by atoms with E-state index in [1.165, 1.54) is 16.8 Å². The minimum absolute atomic E-state index is 0.149. The Balaban J connectivity index is 1.42. The normalized spacial score (nSPS) is 19.9. The van der Waals surface area contributed by atoms with Crippen LogP contribution in [0.15, 0.2) is 65.8 Å². The van der Waals surface area contributed by atoms with Gasteiger partial charge in [-0.05, 0) is 5.56 Å². The number of hydrogen-bond donors (Lipinski definition) is 0. The highest BCUT2D eigenvalue weighted by molar-refractivity contribution is 7.99. The van der Waals surface area contributed by atoms with Crippen LogP contribution < -0.4 is 0 Å². The maximum Gasteiger partial charge on any atom is 0.168 e. The van der Waals surface area contributed by atoms with Crippen LogP contribution in [0.1, 0.15) is 17.4 Å². The molecule has 5 rings (SSSR count). The molecule has 4 nitrogen and oxygen atoms in total. The van der Waals surface area contributed by atoms with Crippen LogP contribution in [-0.2, 0) is 17.8 Å². The Kier molecular flexibility index (Phi) is 4.74. The molecule has 0 spiro atoms. The molecule has 0 bridgehead atoms. The summed E-state index contributed by atoms with van der Waals surface area (Å²) in [5.74, 6) is 1.13. The van der Waals surface area contributed by atoms with Crippen LogP contribution in [0.5, 0.6) is 0 Å². The number of aromatic nitrogens is 2. The monoisotopic (exact) mass is 377 g/mol. The first kappa shape index (κ1) is 17.0. The number of benzene rings is 2. The lowest BCUT2D eigenvalue weighted by atomic mass is 10.1. The number of rotatable bonds is 4. The Labute approximate surface area is 164 Å². The Morgan fingerprint density at radius 1 is 1.00 bits per heavy atom. The van der Waals surface area contributed by atoms with Crippen molar-refractivity contribution in [2.45, 2.75) is 24.3 Å². The molecule has 2 aliphatic rings. The second-order valence-electron chi connectivity index (χ2n) is 7.06. The van der Waals surface area contributed by atoms with Crippen molar-refractivity contribution < 1.29 is 4.74 Å². The second-order valence-corrected chi connectivity index (χ2v) is 8.12. The van der Waals surface area contributed by atoms with Crippen LogP contribution in [-0.4, -0.2) is 39.9 Å². The summed E-state index contributed by atoms with van der Waals surface area (Å²) in [7, 11) is 0. The zero-order chi connectivity index (χ0) is 18.1. The highest BCUT2D eigenvalue weighted by atomic mass is 32.2. The molecule has 2 aromatic carbocycles. The van der Waals surface area contributed by atoms with Crippen LogP contribution in [0.25, 0.3) is 11.3 Å². The average Bonchev–Trinajstić information content (AvgIpc) is 3.32. The van der Waals surface area contributed by atoms with E-state index < -0.39 is 0 Å². The molecule has 0 aliphatic carbocycles. The molecular weight excluding hydrogens is 354 g/mol. The minimum atomic E-state index is 0.149. The fourth-order valence-electron chi connectivity index (χ4n) is 3.95. The van der Waals surface area contributed by atoms with Gasteiger partial charge in [0.25, 0.3) is 0 Å². The summed E-state index contributed by atoms with van der Waals surface area (Å²) in [6.45, 7) is 4.64.